The maximum atomic E-state index is 11.8. The summed E-state index contributed by atoms with van der Waals surface area (Å²) in [6, 6.07) is 1.61. The Morgan fingerprint density at radius 2 is 1.95 bits per heavy atom. The lowest BCUT2D eigenvalue weighted by Gasteiger charge is -2.27. The number of carbonyl (C=O) groups is 2. The van der Waals surface area contributed by atoms with Gasteiger partial charge in [0, 0.05) is 10.0 Å². The van der Waals surface area contributed by atoms with Gasteiger partial charge >= 0.3 is 5.97 Å². The number of hydrogen-bond donors (Lipinski definition) is 1. The van der Waals surface area contributed by atoms with E-state index in [1.54, 1.807) is 6.07 Å². The number of benzene rings is 1. The number of aliphatic carboxylic acids is 1. The van der Waals surface area contributed by atoms with E-state index in [1.807, 2.05) is 0 Å². The van der Waals surface area contributed by atoms with Crippen molar-refractivity contribution in [1.82, 2.24) is 0 Å². The molecule has 1 N–H and O–H groups in total. The molecule has 1 aromatic carbocycles. The number of carboxylic acids is 1. The fourth-order valence-electron chi connectivity index (χ4n) is 3.14. The lowest BCUT2D eigenvalue weighted by molar-refractivity contribution is -0.143. The zero-order valence-corrected chi connectivity index (χ0v) is 12.2. The van der Waals surface area contributed by atoms with Gasteiger partial charge in [0.15, 0.2) is 17.8 Å². The second kappa shape index (κ2) is 4.77. The van der Waals surface area contributed by atoms with Gasteiger partial charge in [0.05, 0.1) is 11.0 Å². The summed E-state index contributed by atoms with van der Waals surface area (Å²) in [5.41, 5.74) is 0.00477. The Bertz CT molecular complexity index is 590. The number of rotatable bonds is 3. The SMILES string of the molecule is O=Cc1cc(Br)c(C2(C(=O)O)CCCC2)c2c1OCO2. The molecule has 2 aliphatic rings. The number of aldehydes is 1. The van der Waals surface area contributed by atoms with Crippen LogP contribution in [0.3, 0.4) is 0 Å². The molecule has 0 atom stereocenters. The Morgan fingerprint density at radius 3 is 2.55 bits per heavy atom. The fourth-order valence-corrected chi connectivity index (χ4v) is 3.95. The van der Waals surface area contributed by atoms with Crippen LogP contribution in [0.5, 0.6) is 11.5 Å². The summed E-state index contributed by atoms with van der Waals surface area (Å²) in [4.78, 5) is 22.9. The first kappa shape index (κ1) is 13.4. The third-order valence-corrected chi connectivity index (χ3v) is 4.72. The molecule has 1 aliphatic heterocycles. The minimum Gasteiger partial charge on any atom is -0.481 e. The minimum atomic E-state index is -0.960. The van der Waals surface area contributed by atoms with Crippen molar-refractivity contribution in [3.05, 3.63) is 21.7 Å². The van der Waals surface area contributed by atoms with Crippen LogP contribution in [0.15, 0.2) is 10.5 Å². The summed E-state index contributed by atoms with van der Waals surface area (Å²) >= 11 is 3.40. The standard InChI is InChI=1S/C14H13BrO5/c15-9-5-8(6-16)11-12(20-7-19-11)10(9)14(13(17)18)3-1-2-4-14/h5-6H,1-4,7H2,(H,17,18). The number of fused-ring (bicyclic) bond motifs is 1. The molecule has 1 fully saturated rings. The van der Waals surface area contributed by atoms with Gasteiger partial charge in [-0.05, 0) is 18.9 Å². The van der Waals surface area contributed by atoms with Crippen LogP contribution in [0.2, 0.25) is 0 Å². The first-order chi connectivity index (χ1) is 9.60. The second-order valence-electron chi connectivity index (χ2n) is 5.10. The summed E-state index contributed by atoms with van der Waals surface area (Å²) in [7, 11) is 0. The third kappa shape index (κ3) is 1.74. The van der Waals surface area contributed by atoms with Gasteiger partial charge in [-0.3, -0.25) is 9.59 Å². The molecular weight excluding hydrogens is 328 g/mol. The largest absolute Gasteiger partial charge is 0.481 e. The van der Waals surface area contributed by atoms with Crippen LogP contribution in [0, 0.1) is 0 Å². The van der Waals surface area contributed by atoms with Crippen LogP contribution < -0.4 is 9.47 Å². The van der Waals surface area contributed by atoms with Crippen molar-refractivity contribution in [3.63, 3.8) is 0 Å². The minimum absolute atomic E-state index is 0.00925. The molecule has 1 heterocycles. The monoisotopic (exact) mass is 340 g/mol. The van der Waals surface area contributed by atoms with Gasteiger partial charge in [0.2, 0.25) is 6.79 Å². The summed E-state index contributed by atoms with van der Waals surface area (Å²) in [6.45, 7) is 0.00925. The molecule has 20 heavy (non-hydrogen) atoms. The lowest BCUT2D eigenvalue weighted by Crippen LogP contribution is -2.33. The number of hydrogen-bond acceptors (Lipinski definition) is 4. The van der Waals surface area contributed by atoms with E-state index in [-0.39, 0.29) is 6.79 Å². The average molecular weight is 341 g/mol. The molecule has 106 valence electrons. The zero-order chi connectivity index (χ0) is 14.3. The highest BCUT2D eigenvalue weighted by Gasteiger charge is 2.48. The Balaban J connectivity index is 2.26. The highest BCUT2D eigenvalue weighted by Crippen LogP contribution is 2.53. The van der Waals surface area contributed by atoms with Crippen molar-refractivity contribution in [2.75, 3.05) is 6.79 Å². The van der Waals surface area contributed by atoms with Gasteiger partial charge in [-0.15, -0.1) is 0 Å². The number of carbonyl (C=O) groups excluding carboxylic acids is 1. The van der Waals surface area contributed by atoms with Crippen molar-refractivity contribution in [3.8, 4) is 11.5 Å². The number of carboxylic acid groups (broad SMARTS) is 1. The first-order valence-electron chi connectivity index (χ1n) is 6.41. The van der Waals surface area contributed by atoms with E-state index < -0.39 is 11.4 Å². The fraction of sp³-hybridized carbons (Fsp3) is 0.429. The molecule has 1 aromatic rings. The molecule has 0 spiro atoms. The van der Waals surface area contributed by atoms with Crippen molar-refractivity contribution in [2.45, 2.75) is 31.1 Å². The van der Waals surface area contributed by atoms with E-state index in [1.165, 1.54) is 0 Å². The molecule has 1 saturated carbocycles. The van der Waals surface area contributed by atoms with Crippen LogP contribution in [-0.2, 0) is 10.2 Å². The van der Waals surface area contributed by atoms with E-state index in [4.69, 9.17) is 9.47 Å². The average Bonchev–Trinajstić information content (AvgIpc) is 3.06. The van der Waals surface area contributed by atoms with Crippen molar-refractivity contribution >= 4 is 28.2 Å². The maximum Gasteiger partial charge on any atom is 0.314 e. The van der Waals surface area contributed by atoms with Gasteiger partial charge in [0.25, 0.3) is 0 Å². The van der Waals surface area contributed by atoms with Gasteiger partial charge in [-0.2, -0.15) is 0 Å². The number of ether oxygens (including phenoxy) is 2. The molecular formula is C14H13BrO5. The Morgan fingerprint density at radius 1 is 1.30 bits per heavy atom. The zero-order valence-electron chi connectivity index (χ0n) is 10.6. The molecule has 0 radical (unpaired) electrons. The third-order valence-electron chi connectivity index (χ3n) is 4.10. The summed E-state index contributed by atoms with van der Waals surface area (Å²) < 4.78 is 11.4. The number of halogens is 1. The molecule has 5 nitrogen and oxygen atoms in total. The van der Waals surface area contributed by atoms with E-state index in [2.05, 4.69) is 15.9 Å². The topological polar surface area (TPSA) is 72.8 Å². The molecule has 3 rings (SSSR count). The van der Waals surface area contributed by atoms with Crippen LogP contribution in [0.4, 0.5) is 0 Å². The van der Waals surface area contributed by atoms with Crippen LogP contribution in [0.25, 0.3) is 0 Å². The van der Waals surface area contributed by atoms with Crippen LogP contribution >= 0.6 is 15.9 Å². The van der Waals surface area contributed by atoms with E-state index in [0.29, 0.717) is 46.2 Å². The normalized spacial score (nSPS) is 19.1. The predicted molar refractivity (Wildman–Crippen MR) is 73.4 cm³/mol. The molecule has 0 bridgehead atoms. The molecule has 0 unspecified atom stereocenters. The molecule has 0 aromatic heterocycles. The van der Waals surface area contributed by atoms with Gasteiger partial charge in [-0.1, -0.05) is 28.8 Å². The molecule has 1 aliphatic carbocycles. The lowest BCUT2D eigenvalue weighted by atomic mass is 9.78. The summed E-state index contributed by atoms with van der Waals surface area (Å²) in [5.74, 6) is -0.108. The van der Waals surface area contributed by atoms with E-state index in [0.717, 1.165) is 12.8 Å². The summed E-state index contributed by atoms with van der Waals surface area (Å²) in [5, 5.41) is 9.71. The predicted octanol–water partition coefficient (Wildman–Crippen LogP) is 2.89. The van der Waals surface area contributed by atoms with Crippen LogP contribution in [-0.4, -0.2) is 24.2 Å². The Hall–Kier alpha value is -1.56. The van der Waals surface area contributed by atoms with Crippen LogP contribution in [0.1, 0.15) is 41.6 Å². The Kier molecular flexibility index (Phi) is 3.20. The molecule has 0 saturated heterocycles. The van der Waals surface area contributed by atoms with E-state index >= 15 is 0 Å². The smallest absolute Gasteiger partial charge is 0.314 e. The van der Waals surface area contributed by atoms with Crippen molar-refractivity contribution in [1.29, 1.82) is 0 Å². The van der Waals surface area contributed by atoms with E-state index in [9.17, 15) is 14.7 Å². The summed E-state index contributed by atoms with van der Waals surface area (Å²) in [6.07, 6.45) is 3.55. The maximum absolute atomic E-state index is 11.8. The molecule has 0 amide bonds. The highest BCUT2D eigenvalue weighted by molar-refractivity contribution is 9.10. The molecule has 6 heteroatoms. The van der Waals surface area contributed by atoms with Gasteiger partial charge < -0.3 is 14.6 Å². The van der Waals surface area contributed by atoms with Crippen molar-refractivity contribution in [2.24, 2.45) is 0 Å². The second-order valence-corrected chi connectivity index (χ2v) is 5.95. The first-order valence-corrected chi connectivity index (χ1v) is 7.20. The van der Waals surface area contributed by atoms with Gasteiger partial charge in [-0.25, -0.2) is 0 Å². The Labute approximate surface area is 124 Å². The van der Waals surface area contributed by atoms with Crippen molar-refractivity contribution < 1.29 is 24.2 Å². The quantitative estimate of drug-likeness (QED) is 0.856. The van der Waals surface area contributed by atoms with Gasteiger partial charge in [0.1, 0.15) is 0 Å². The highest BCUT2D eigenvalue weighted by atomic mass is 79.9.